The Morgan fingerprint density at radius 3 is 2.30 bits per heavy atom. The number of benzene rings is 2. The van der Waals surface area contributed by atoms with E-state index >= 15 is 0 Å². The second kappa shape index (κ2) is 9.74. The molecule has 0 aliphatic heterocycles. The lowest BCUT2D eigenvalue weighted by atomic mass is 10.1. The summed E-state index contributed by atoms with van der Waals surface area (Å²) >= 11 is 0. The molecule has 0 radical (unpaired) electrons. The Morgan fingerprint density at radius 1 is 0.870 bits per heavy atom. The summed E-state index contributed by atoms with van der Waals surface area (Å²) in [5, 5.41) is 6.01. The molecule has 0 unspecified atom stereocenters. The first-order valence-electron chi connectivity index (χ1n) is 8.00. The van der Waals surface area contributed by atoms with Crippen molar-refractivity contribution < 1.29 is 9.18 Å². The molecule has 0 heterocycles. The lowest BCUT2D eigenvalue weighted by Gasteiger charge is -2.07. The van der Waals surface area contributed by atoms with Crippen molar-refractivity contribution in [1.82, 2.24) is 10.6 Å². The van der Waals surface area contributed by atoms with E-state index in [-0.39, 0.29) is 11.7 Å². The van der Waals surface area contributed by atoms with Gasteiger partial charge in [-0.2, -0.15) is 0 Å². The van der Waals surface area contributed by atoms with Crippen LogP contribution in [0, 0.1) is 5.82 Å². The Kier molecular flexibility index (Phi) is 7.27. The fourth-order valence-corrected chi connectivity index (χ4v) is 2.31. The summed E-state index contributed by atoms with van der Waals surface area (Å²) < 4.78 is 12.8. The minimum atomic E-state index is -0.225. The summed E-state index contributed by atoms with van der Waals surface area (Å²) in [6, 6.07) is 16.7. The van der Waals surface area contributed by atoms with Gasteiger partial charge in [0.25, 0.3) is 0 Å². The molecule has 23 heavy (non-hydrogen) atoms. The standard InChI is InChI=1S/C19H23FN2O/c20-18-10-8-17(9-11-18)12-14-21-15-19(23)22-13-4-7-16-5-2-1-3-6-16/h1-3,5-6,8-11,21H,4,7,12-15H2,(H,22,23). The number of aryl methyl sites for hydroxylation is 1. The van der Waals surface area contributed by atoms with Gasteiger partial charge in [-0.05, 0) is 49.1 Å². The molecule has 2 N–H and O–H groups in total. The van der Waals surface area contributed by atoms with Crippen molar-refractivity contribution in [2.45, 2.75) is 19.3 Å². The zero-order valence-corrected chi connectivity index (χ0v) is 13.2. The van der Waals surface area contributed by atoms with Gasteiger partial charge in [-0.25, -0.2) is 4.39 Å². The third kappa shape index (κ3) is 7.06. The van der Waals surface area contributed by atoms with Crippen LogP contribution in [0.1, 0.15) is 17.5 Å². The quantitative estimate of drug-likeness (QED) is 0.699. The lowest BCUT2D eigenvalue weighted by Crippen LogP contribution is -2.35. The molecule has 0 spiro atoms. The first-order chi connectivity index (χ1) is 11.2. The van der Waals surface area contributed by atoms with Crippen molar-refractivity contribution in [2.75, 3.05) is 19.6 Å². The van der Waals surface area contributed by atoms with Gasteiger partial charge < -0.3 is 10.6 Å². The van der Waals surface area contributed by atoms with Gasteiger partial charge in [-0.15, -0.1) is 0 Å². The molecule has 1 amide bonds. The predicted molar refractivity (Wildman–Crippen MR) is 90.7 cm³/mol. The zero-order chi connectivity index (χ0) is 16.3. The molecule has 4 heteroatoms. The maximum absolute atomic E-state index is 12.8. The third-order valence-corrected chi connectivity index (χ3v) is 3.60. The number of carbonyl (C=O) groups is 1. The van der Waals surface area contributed by atoms with Crippen LogP contribution in [0.5, 0.6) is 0 Å². The highest BCUT2D eigenvalue weighted by molar-refractivity contribution is 5.77. The van der Waals surface area contributed by atoms with Crippen molar-refractivity contribution in [2.24, 2.45) is 0 Å². The number of nitrogens with one attached hydrogen (secondary N) is 2. The third-order valence-electron chi connectivity index (χ3n) is 3.60. The van der Waals surface area contributed by atoms with Crippen LogP contribution >= 0.6 is 0 Å². The second-order valence-corrected chi connectivity index (χ2v) is 5.49. The fourth-order valence-electron chi connectivity index (χ4n) is 2.31. The van der Waals surface area contributed by atoms with Gasteiger partial charge in [0.2, 0.25) is 5.91 Å². The molecule has 0 saturated carbocycles. The van der Waals surface area contributed by atoms with Gasteiger partial charge in [0, 0.05) is 6.54 Å². The van der Waals surface area contributed by atoms with E-state index in [2.05, 4.69) is 22.8 Å². The Morgan fingerprint density at radius 2 is 1.57 bits per heavy atom. The van der Waals surface area contributed by atoms with Gasteiger partial charge in [0.1, 0.15) is 5.82 Å². The number of halogens is 1. The minimum absolute atomic E-state index is 0.0113. The van der Waals surface area contributed by atoms with Crippen molar-refractivity contribution in [3.05, 3.63) is 71.5 Å². The molecular weight excluding hydrogens is 291 g/mol. The Balaban J connectivity index is 1.51. The highest BCUT2D eigenvalue weighted by Crippen LogP contribution is 2.03. The first kappa shape index (κ1) is 17.2. The highest BCUT2D eigenvalue weighted by atomic mass is 19.1. The van der Waals surface area contributed by atoms with E-state index in [0.29, 0.717) is 19.6 Å². The molecule has 0 atom stereocenters. The van der Waals surface area contributed by atoms with Crippen LogP contribution in [0.4, 0.5) is 4.39 Å². The average Bonchev–Trinajstić information content (AvgIpc) is 2.58. The fraction of sp³-hybridized carbons (Fsp3) is 0.316. The highest BCUT2D eigenvalue weighted by Gasteiger charge is 2.00. The van der Waals surface area contributed by atoms with Crippen LogP contribution in [0.2, 0.25) is 0 Å². The molecule has 122 valence electrons. The second-order valence-electron chi connectivity index (χ2n) is 5.49. The van der Waals surface area contributed by atoms with Crippen LogP contribution in [0.3, 0.4) is 0 Å². The maximum atomic E-state index is 12.8. The lowest BCUT2D eigenvalue weighted by molar-refractivity contribution is -0.120. The van der Waals surface area contributed by atoms with Crippen LogP contribution in [0.15, 0.2) is 54.6 Å². The topological polar surface area (TPSA) is 41.1 Å². The summed E-state index contributed by atoms with van der Waals surface area (Å²) in [6.07, 6.45) is 2.69. The SMILES string of the molecule is O=C(CNCCc1ccc(F)cc1)NCCCc1ccccc1. The molecule has 0 aromatic heterocycles. The van der Waals surface area contributed by atoms with E-state index in [1.54, 1.807) is 12.1 Å². The summed E-state index contributed by atoms with van der Waals surface area (Å²) in [4.78, 5) is 11.7. The summed E-state index contributed by atoms with van der Waals surface area (Å²) in [5.74, 6) is -0.214. The Labute approximate surface area is 136 Å². The molecule has 0 aliphatic carbocycles. The van der Waals surface area contributed by atoms with Crippen LogP contribution < -0.4 is 10.6 Å². The molecular formula is C19H23FN2O. The van der Waals surface area contributed by atoms with Gasteiger partial charge in [-0.1, -0.05) is 42.5 Å². The van der Waals surface area contributed by atoms with Crippen molar-refractivity contribution in [1.29, 1.82) is 0 Å². The minimum Gasteiger partial charge on any atom is -0.355 e. The van der Waals surface area contributed by atoms with E-state index in [1.807, 2.05) is 18.2 Å². The average molecular weight is 314 g/mol. The number of hydrogen-bond donors (Lipinski definition) is 2. The first-order valence-corrected chi connectivity index (χ1v) is 8.00. The van der Waals surface area contributed by atoms with E-state index in [4.69, 9.17) is 0 Å². The van der Waals surface area contributed by atoms with Crippen molar-refractivity contribution in [3.63, 3.8) is 0 Å². The van der Waals surface area contributed by atoms with E-state index in [1.165, 1.54) is 17.7 Å². The largest absolute Gasteiger partial charge is 0.355 e. The number of hydrogen-bond acceptors (Lipinski definition) is 2. The molecule has 2 rings (SSSR count). The van der Waals surface area contributed by atoms with Gasteiger partial charge in [-0.3, -0.25) is 4.79 Å². The molecule has 3 nitrogen and oxygen atoms in total. The van der Waals surface area contributed by atoms with Gasteiger partial charge in [0.15, 0.2) is 0 Å². The van der Waals surface area contributed by atoms with Crippen LogP contribution in [0.25, 0.3) is 0 Å². The molecule has 2 aromatic carbocycles. The van der Waals surface area contributed by atoms with Crippen LogP contribution in [-0.2, 0) is 17.6 Å². The zero-order valence-electron chi connectivity index (χ0n) is 13.2. The maximum Gasteiger partial charge on any atom is 0.233 e. The monoisotopic (exact) mass is 314 g/mol. The Hall–Kier alpha value is -2.20. The van der Waals surface area contributed by atoms with Crippen molar-refractivity contribution >= 4 is 5.91 Å². The molecule has 0 bridgehead atoms. The smallest absolute Gasteiger partial charge is 0.233 e. The number of amides is 1. The molecule has 2 aromatic rings. The van der Waals surface area contributed by atoms with E-state index in [9.17, 15) is 9.18 Å². The molecule has 0 fully saturated rings. The molecule has 0 aliphatic rings. The Bertz CT molecular complexity index is 584. The summed E-state index contributed by atoms with van der Waals surface area (Å²) in [5.41, 5.74) is 2.35. The van der Waals surface area contributed by atoms with Gasteiger partial charge >= 0.3 is 0 Å². The summed E-state index contributed by atoms with van der Waals surface area (Å²) in [6.45, 7) is 1.70. The number of carbonyl (C=O) groups excluding carboxylic acids is 1. The van der Waals surface area contributed by atoms with E-state index in [0.717, 1.165) is 24.8 Å². The van der Waals surface area contributed by atoms with Gasteiger partial charge in [0.05, 0.1) is 6.54 Å². The molecule has 0 saturated heterocycles. The summed E-state index contributed by atoms with van der Waals surface area (Å²) in [7, 11) is 0. The van der Waals surface area contributed by atoms with Crippen molar-refractivity contribution in [3.8, 4) is 0 Å². The number of rotatable bonds is 9. The van der Waals surface area contributed by atoms with E-state index < -0.39 is 0 Å². The normalized spacial score (nSPS) is 10.5. The van der Waals surface area contributed by atoms with Crippen LogP contribution in [-0.4, -0.2) is 25.5 Å². The predicted octanol–water partition coefficient (Wildman–Crippen LogP) is 2.71.